The Kier molecular flexibility index (Phi) is 8.97. The predicted molar refractivity (Wildman–Crippen MR) is 134 cm³/mol. The van der Waals surface area contributed by atoms with Crippen molar-refractivity contribution in [1.29, 1.82) is 0 Å². The van der Waals surface area contributed by atoms with Crippen molar-refractivity contribution in [3.05, 3.63) is 35.6 Å². The summed E-state index contributed by atoms with van der Waals surface area (Å²) < 4.78 is 16.5. The van der Waals surface area contributed by atoms with Gasteiger partial charge in [-0.25, -0.2) is 9.97 Å². The topological polar surface area (TPSA) is 104 Å². The van der Waals surface area contributed by atoms with Gasteiger partial charge in [0.1, 0.15) is 12.4 Å². The number of rotatable bonds is 10. The summed E-state index contributed by atoms with van der Waals surface area (Å²) >= 11 is 6.52. The van der Waals surface area contributed by atoms with Crippen LogP contribution in [0.1, 0.15) is 38.5 Å². The number of hydrogen-bond donors (Lipinski definition) is 3. The van der Waals surface area contributed by atoms with Gasteiger partial charge in [-0.05, 0) is 56.2 Å². The Balaban J connectivity index is 1.36. The minimum atomic E-state index is -0.375. The lowest BCUT2D eigenvalue weighted by Crippen LogP contribution is -2.49. The van der Waals surface area contributed by atoms with Gasteiger partial charge in [-0.3, -0.25) is 0 Å². The van der Waals surface area contributed by atoms with Crippen molar-refractivity contribution in [3.8, 4) is 17.0 Å². The number of hydrogen-bond acceptors (Lipinski definition) is 8. The van der Waals surface area contributed by atoms with Crippen LogP contribution in [0.3, 0.4) is 0 Å². The first kappa shape index (κ1) is 25.1. The van der Waals surface area contributed by atoms with Crippen LogP contribution in [0.2, 0.25) is 5.02 Å². The number of nitrogens with one attached hydrogen (secondary N) is 2. The predicted octanol–water partition coefficient (Wildman–Crippen LogP) is 3.64. The van der Waals surface area contributed by atoms with Crippen LogP contribution < -0.4 is 21.1 Å². The maximum atomic E-state index is 6.52. The van der Waals surface area contributed by atoms with Crippen molar-refractivity contribution in [3.63, 3.8) is 0 Å². The molecule has 186 valence electrons. The van der Waals surface area contributed by atoms with E-state index in [1.165, 1.54) is 0 Å². The van der Waals surface area contributed by atoms with Gasteiger partial charge >= 0.3 is 0 Å². The number of pyridine rings is 2. The van der Waals surface area contributed by atoms with Gasteiger partial charge in [0, 0.05) is 63.0 Å². The molecule has 4 rings (SSSR count). The summed E-state index contributed by atoms with van der Waals surface area (Å²) in [6, 6.07) is 6.81. The van der Waals surface area contributed by atoms with Gasteiger partial charge in [-0.1, -0.05) is 11.6 Å². The minimum absolute atomic E-state index is 0.375. The molecule has 3 heterocycles. The Hall–Kier alpha value is -1.97. The highest BCUT2D eigenvalue weighted by molar-refractivity contribution is 6.33. The molecular formula is C25H36ClN5O3. The molecule has 8 nitrogen and oxygen atoms in total. The lowest BCUT2D eigenvalue weighted by molar-refractivity contribution is 0.0335. The summed E-state index contributed by atoms with van der Waals surface area (Å²) in [6.07, 6.45) is 9.48. The number of halogens is 1. The maximum absolute atomic E-state index is 6.52. The number of nitrogens with two attached hydrogens (primary N) is 1. The zero-order chi connectivity index (χ0) is 23.8. The van der Waals surface area contributed by atoms with Crippen molar-refractivity contribution in [2.45, 2.75) is 56.1 Å². The van der Waals surface area contributed by atoms with E-state index in [0.29, 0.717) is 42.8 Å². The highest BCUT2D eigenvalue weighted by Gasteiger charge is 2.29. The molecule has 0 bridgehead atoms. The van der Waals surface area contributed by atoms with Crippen molar-refractivity contribution >= 4 is 17.4 Å². The maximum Gasteiger partial charge on any atom is 0.213 e. The Morgan fingerprint density at radius 1 is 1.15 bits per heavy atom. The van der Waals surface area contributed by atoms with Crippen LogP contribution in [0, 0.1) is 0 Å². The van der Waals surface area contributed by atoms with Crippen LogP contribution in [0.4, 0.5) is 5.82 Å². The zero-order valence-corrected chi connectivity index (χ0v) is 20.7. The Morgan fingerprint density at radius 2 is 1.91 bits per heavy atom. The molecule has 2 aromatic heterocycles. The van der Waals surface area contributed by atoms with E-state index in [4.69, 9.17) is 31.5 Å². The van der Waals surface area contributed by atoms with Gasteiger partial charge in [0.15, 0.2) is 0 Å². The molecule has 34 heavy (non-hydrogen) atoms. The zero-order valence-electron chi connectivity index (χ0n) is 19.9. The van der Waals surface area contributed by atoms with Gasteiger partial charge in [0.25, 0.3) is 0 Å². The molecule has 1 saturated carbocycles. The quantitative estimate of drug-likeness (QED) is 0.434. The van der Waals surface area contributed by atoms with E-state index >= 15 is 0 Å². The van der Waals surface area contributed by atoms with E-state index in [9.17, 15) is 0 Å². The Labute approximate surface area is 206 Å². The number of ether oxygens (including phenoxy) is 3. The smallest absolute Gasteiger partial charge is 0.213 e. The fraction of sp³-hybridized carbons (Fsp3) is 0.600. The fourth-order valence-corrected chi connectivity index (χ4v) is 4.76. The second-order valence-corrected chi connectivity index (χ2v) is 9.74. The Bertz CT molecular complexity index is 917. The molecule has 1 aliphatic carbocycles. The van der Waals surface area contributed by atoms with Crippen LogP contribution in [-0.2, 0) is 9.47 Å². The summed E-state index contributed by atoms with van der Waals surface area (Å²) in [5.74, 6) is 1.37. The summed E-state index contributed by atoms with van der Waals surface area (Å²) in [6.45, 7) is 3.40. The average molecular weight is 490 g/mol. The van der Waals surface area contributed by atoms with E-state index in [1.807, 2.05) is 18.2 Å². The molecule has 4 N–H and O–H groups in total. The first-order chi connectivity index (χ1) is 16.5. The number of anilines is 1. The van der Waals surface area contributed by atoms with Crippen LogP contribution in [0.25, 0.3) is 11.1 Å². The lowest BCUT2D eigenvalue weighted by Gasteiger charge is -2.32. The summed E-state index contributed by atoms with van der Waals surface area (Å²) in [4.78, 5) is 8.88. The highest BCUT2D eigenvalue weighted by atomic mass is 35.5. The molecule has 0 spiro atoms. The SMILES string of the molecule is COCCNC1CCC(Nc2cc(-c3ccnc(OCC4(N)CCOCC4)c3)c(Cl)cn2)CC1. The van der Waals surface area contributed by atoms with E-state index in [2.05, 4.69) is 20.6 Å². The fourth-order valence-electron chi connectivity index (χ4n) is 4.55. The lowest BCUT2D eigenvalue weighted by atomic mass is 9.91. The van der Waals surface area contributed by atoms with Crippen LogP contribution >= 0.6 is 11.6 Å². The molecule has 0 radical (unpaired) electrons. The van der Waals surface area contributed by atoms with Gasteiger partial charge in [-0.15, -0.1) is 0 Å². The molecule has 0 unspecified atom stereocenters. The van der Waals surface area contributed by atoms with Crippen molar-refractivity contribution in [1.82, 2.24) is 15.3 Å². The van der Waals surface area contributed by atoms with Crippen molar-refractivity contribution in [2.24, 2.45) is 5.73 Å². The second-order valence-electron chi connectivity index (χ2n) is 9.34. The minimum Gasteiger partial charge on any atom is -0.476 e. The highest BCUT2D eigenvalue weighted by Crippen LogP contribution is 2.32. The molecule has 2 aromatic rings. The average Bonchev–Trinajstić information content (AvgIpc) is 2.86. The van der Waals surface area contributed by atoms with Gasteiger partial charge in [0.2, 0.25) is 5.88 Å². The molecule has 0 atom stereocenters. The van der Waals surface area contributed by atoms with E-state index in [0.717, 1.165) is 68.6 Å². The standard InChI is InChI=1S/C25H36ClN5O3/c1-32-13-10-28-19-2-4-20(5-3-19)31-23-15-21(22(26)16-30-23)18-6-9-29-24(14-18)34-17-25(27)7-11-33-12-8-25/h6,9,14-16,19-20,28H,2-5,7-8,10-13,17,27H2,1H3,(H,30,31). The Morgan fingerprint density at radius 3 is 2.68 bits per heavy atom. The molecule has 0 aromatic carbocycles. The van der Waals surface area contributed by atoms with E-state index in [-0.39, 0.29) is 5.54 Å². The van der Waals surface area contributed by atoms with Gasteiger partial charge in [-0.2, -0.15) is 0 Å². The monoisotopic (exact) mass is 489 g/mol. The first-order valence-electron chi connectivity index (χ1n) is 12.1. The normalized spacial score (nSPS) is 22.3. The number of methoxy groups -OCH3 is 1. The second kappa shape index (κ2) is 12.1. The molecule has 0 amide bonds. The van der Waals surface area contributed by atoms with Crippen molar-refractivity contribution < 1.29 is 14.2 Å². The van der Waals surface area contributed by atoms with Crippen molar-refractivity contribution in [2.75, 3.05) is 45.4 Å². The molecule has 9 heteroatoms. The summed E-state index contributed by atoms with van der Waals surface area (Å²) in [5.41, 5.74) is 7.91. The van der Waals surface area contributed by atoms with Crippen LogP contribution in [0.5, 0.6) is 5.88 Å². The third kappa shape index (κ3) is 7.02. The summed E-state index contributed by atoms with van der Waals surface area (Å²) in [5, 5.41) is 7.75. The molecule has 2 fully saturated rings. The first-order valence-corrected chi connectivity index (χ1v) is 12.5. The third-order valence-corrected chi connectivity index (χ3v) is 7.02. The van der Waals surface area contributed by atoms with Crippen LogP contribution in [0.15, 0.2) is 30.6 Å². The number of aromatic nitrogens is 2. The third-order valence-electron chi connectivity index (χ3n) is 6.72. The molecular weight excluding hydrogens is 454 g/mol. The van der Waals surface area contributed by atoms with Gasteiger partial charge in [0.05, 0.1) is 17.2 Å². The largest absolute Gasteiger partial charge is 0.476 e. The number of nitrogens with zero attached hydrogens (tertiary/aromatic N) is 2. The summed E-state index contributed by atoms with van der Waals surface area (Å²) in [7, 11) is 1.73. The molecule has 2 aliphatic rings. The molecule has 1 aliphatic heterocycles. The molecule has 1 saturated heterocycles. The van der Waals surface area contributed by atoms with Gasteiger partial charge < -0.3 is 30.6 Å². The van der Waals surface area contributed by atoms with E-state index in [1.54, 1.807) is 19.5 Å². The van der Waals surface area contributed by atoms with E-state index < -0.39 is 0 Å². The van der Waals surface area contributed by atoms with Crippen LogP contribution in [-0.4, -0.2) is 67.7 Å².